The largest absolute Gasteiger partial charge is 0.311 e. The standard InChI is InChI=1S/C18H30N2/c1-4-9-15(3)20-14-17(19-13-18(20)5-2)12-16-10-7-6-8-11-16/h6-8,10-11,15,17-19H,4-5,9,12-14H2,1-3H3. The van der Waals surface area contributed by atoms with E-state index in [9.17, 15) is 0 Å². The van der Waals surface area contributed by atoms with Crippen molar-refractivity contribution >= 4 is 0 Å². The number of hydrogen-bond donors (Lipinski definition) is 1. The SMILES string of the molecule is CCCC(C)N1CC(Cc2ccccc2)NCC1CC. The van der Waals surface area contributed by atoms with Gasteiger partial charge >= 0.3 is 0 Å². The van der Waals surface area contributed by atoms with Crippen molar-refractivity contribution < 1.29 is 0 Å². The Hall–Kier alpha value is -0.860. The second-order valence-corrected chi connectivity index (χ2v) is 6.19. The molecular formula is C18H30N2. The molecule has 0 bridgehead atoms. The lowest BCUT2D eigenvalue weighted by Gasteiger charge is -2.43. The molecule has 1 aliphatic rings. The molecule has 1 saturated heterocycles. The van der Waals surface area contributed by atoms with Gasteiger partial charge in [-0.25, -0.2) is 0 Å². The first-order valence-corrected chi connectivity index (χ1v) is 8.27. The van der Waals surface area contributed by atoms with Crippen molar-refractivity contribution in [2.24, 2.45) is 0 Å². The fourth-order valence-electron chi connectivity index (χ4n) is 3.43. The molecule has 0 aliphatic carbocycles. The molecule has 1 aromatic rings. The topological polar surface area (TPSA) is 15.3 Å². The van der Waals surface area contributed by atoms with Gasteiger partial charge in [0.05, 0.1) is 0 Å². The van der Waals surface area contributed by atoms with Crippen LogP contribution in [0.5, 0.6) is 0 Å². The van der Waals surface area contributed by atoms with Crippen molar-refractivity contribution in [2.45, 2.75) is 64.6 Å². The summed E-state index contributed by atoms with van der Waals surface area (Å²) in [6, 6.07) is 12.9. The monoisotopic (exact) mass is 274 g/mol. The van der Waals surface area contributed by atoms with E-state index in [1.165, 1.54) is 31.4 Å². The summed E-state index contributed by atoms with van der Waals surface area (Å²) in [7, 11) is 0. The molecule has 2 nitrogen and oxygen atoms in total. The second-order valence-electron chi connectivity index (χ2n) is 6.19. The van der Waals surface area contributed by atoms with Gasteiger partial charge in [0.25, 0.3) is 0 Å². The third kappa shape index (κ3) is 4.07. The molecule has 0 amide bonds. The van der Waals surface area contributed by atoms with Gasteiger partial charge in [-0.15, -0.1) is 0 Å². The van der Waals surface area contributed by atoms with Gasteiger partial charge in [-0.05, 0) is 31.7 Å². The maximum Gasteiger partial charge on any atom is 0.0236 e. The second kappa shape index (κ2) is 7.80. The predicted octanol–water partition coefficient (Wildman–Crippen LogP) is 3.47. The van der Waals surface area contributed by atoms with Gasteiger partial charge in [0.1, 0.15) is 0 Å². The van der Waals surface area contributed by atoms with Crippen LogP contribution < -0.4 is 5.32 Å². The van der Waals surface area contributed by atoms with E-state index >= 15 is 0 Å². The number of nitrogens with zero attached hydrogens (tertiary/aromatic N) is 1. The molecule has 20 heavy (non-hydrogen) atoms. The van der Waals surface area contributed by atoms with Crippen molar-refractivity contribution in [1.29, 1.82) is 0 Å². The minimum atomic E-state index is 0.597. The van der Waals surface area contributed by atoms with Crippen LogP contribution in [0, 0.1) is 0 Å². The minimum Gasteiger partial charge on any atom is -0.311 e. The van der Waals surface area contributed by atoms with Crippen LogP contribution in [0.25, 0.3) is 0 Å². The van der Waals surface area contributed by atoms with Crippen LogP contribution in [0.3, 0.4) is 0 Å². The van der Waals surface area contributed by atoms with Crippen molar-refractivity contribution in [1.82, 2.24) is 10.2 Å². The van der Waals surface area contributed by atoms with Gasteiger partial charge in [0.15, 0.2) is 0 Å². The minimum absolute atomic E-state index is 0.597. The van der Waals surface area contributed by atoms with E-state index in [1.807, 2.05) is 0 Å². The van der Waals surface area contributed by atoms with Gasteiger partial charge in [-0.1, -0.05) is 50.6 Å². The van der Waals surface area contributed by atoms with E-state index in [2.05, 4.69) is 61.3 Å². The van der Waals surface area contributed by atoms with Gasteiger partial charge in [0, 0.05) is 31.2 Å². The number of hydrogen-bond acceptors (Lipinski definition) is 2. The smallest absolute Gasteiger partial charge is 0.0236 e. The van der Waals surface area contributed by atoms with E-state index in [4.69, 9.17) is 0 Å². The summed E-state index contributed by atoms with van der Waals surface area (Å²) in [5.74, 6) is 0. The Morgan fingerprint density at radius 2 is 2.00 bits per heavy atom. The molecule has 1 N–H and O–H groups in total. The molecule has 0 radical (unpaired) electrons. The summed E-state index contributed by atoms with van der Waals surface area (Å²) < 4.78 is 0. The zero-order chi connectivity index (χ0) is 14.4. The van der Waals surface area contributed by atoms with Gasteiger partial charge in [-0.2, -0.15) is 0 Å². The molecule has 0 spiro atoms. The van der Waals surface area contributed by atoms with Crippen LogP contribution in [0.2, 0.25) is 0 Å². The summed E-state index contributed by atoms with van der Waals surface area (Å²) >= 11 is 0. The van der Waals surface area contributed by atoms with Crippen molar-refractivity contribution in [3.8, 4) is 0 Å². The lowest BCUT2D eigenvalue weighted by molar-refractivity contribution is 0.0818. The van der Waals surface area contributed by atoms with Crippen LogP contribution in [-0.2, 0) is 6.42 Å². The van der Waals surface area contributed by atoms with E-state index < -0.39 is 0 Å². The summed E-state index contributed by atoms with van der Waals surface area (Å²) in [6.45, 7) is 9.34. The molecule has 0 saturated carbocycles. The molecule has 1 aromatic carbocycles. The van der Waals surface area contributed by atoms with E-state index in [1.54, 1.807) is 0 Å². The quantitative estimate of drug-likeness (QED) is 0.854. The first-order valence-electron chi connectivity index (χ1n) is 8.27. The Morgan fingerprint density at radius 1 is 1.25 bits per heavy atom. The highest BCUT2D eigenvalue weighted by Crippen LogP contribution is 2.18. The lowest BCUT2D eigenvalue weighted by Crippen LogP contribution is -2.59. The maximum atomic E-state index is 3.75. The maximum absolute atomic E-state index is 3.75. The van der Waals surface area contributed by atoms with Crippen LogP contribution >= 0.6 is 0 Å². The zero-order valence-corrected chi connectivity index (χ0v) is 13.3. The summed E-state index contributed by atoms with van der Waals surface area (Å²) in [5, 5.41) is 3.75. The normalized spacial score (nSPS) is 25.6. The third-order valence-electron chi connectivity index (χ3n) is 4.61. The highest BCUT2D eigenvalue weighted by Gasteiger charge is 2.29. The predicted molar refractivity (Wildman–Crippen MR) is 87.1 cm³/mol. The number of nitrogens with one attached hydrogen (secondary N) is 1. The molecule has 0 aromatic heterocycles. The molecule has 1 aliphatic heterocycles. The fourth-order valence-corrected chi connectivity index (χ4v) is 3.43. The third-order valence-corrected chi connectivity index (χ3v) is 4.61. The van der Waals surface area contributed by atoms with Crippen LogP contribution in [0.15, 0.2) is 30.3 Å². The summed E-state index contributed by atoms with van der Waals surface area (Å²) in [5.41, 5.74) is 1.45. The van der Waals surface area contributed by atoms with Crippen LogP contribution in [0.1, 0.15) is 45.6 Å². The van der Waals surface area contributed by atoms with Crippen molar-refractivity contribution in [2.75, 3.05) is 13.1 Å². The Balaban J connectivity index is 1.96. The Morgan fingerprint density at radius 3 is 2.65 bits per heavy atom. The molecular weight excluding hydrogens is 244 g/mol. The highest BCUT2D eigenvalue weighted by molar-refractivity contribution is 5.16. The zero-order valence-electron chi connectivity index (χ0n) is 13.3. The Kier molecular flexibility index (Phi) is 6.06. The summed E-state index contributed by atoms with van der Waals surface area (Å²) in [6.07, 6.45) is 4.99. The van der Waals surface area contributed by atoms with Gasteiger partial charge in [0.2, 0.25) is 0 Å². The van der Waals surface area contributed by atoms with Crippen LogP contribution in [0.4, 0.5) is 0 Å². The van der Waals surface area contributed by atoms with Crippen LogP contribution in [-0.4, -0.2) is 36.1 Å². The van der Waals surface area contributed by atoms with Crippen molar-refractivity contribution in [3.05, 3.63) is 35.9 Å². The van der Waals surface area contributed by atoms with Gasteiger partial charge in [-0.3, -0.25) is 4.90 Å². The average molecular weight is 274 g/mol. The molecule has 2 heteroatoms. The summed E-state index contributed by atoms with van der Waals surface area (Å²) in [4.78, 5) is 2.74. The van der Waals surface area contributed by atoms with E-state index in [-0.39, 0.29) is 0 Å². The lowest BCUT2D eigenvalue weighted by atomic mass is 9.98. The molecule has 2 rings (SSSR count). The fraction of sp³-hybridized carbons (Fsp3) is 0.667. The number of piperazine rings is 1. The Bertz CT molecular complexity index is 376. The molecule has 3 unspecified atom stereocenters. The number of benzene rings is 1. The average Bonchev–Trinajstić information content (AvgIpc) is 2.48. The number of rotatable bonds is 6. The molecule has 3 atom stereocenters. The highest BCUT2D eigenvalue weighted by atomic mass is 15.2. The first-order chi connectivity index (χ1) is 9.74. The van der Waals surface area contributed by atoms with E-state index in [0.717, 1.165) is 13.0 Å². The van der Waals surface area contributed by atoms with Gasteiger partial charge < -0.3 is 5.32 Å². The van der Waals surface area contributed by atoms with E-state index in [0.29, 0.717) is 18.1 Å². The first kappa shape index (κ1) is 15.5. The molecule has 112 valence electrons. The van der Waals surface area contributed by atoms with Crippen molar-refractivity contribution in [3.63, 3.8) is 0 Å². The molecule has 1 fully saturated rings. The Labute approximate surface area is 124 Å². The molecule has 1 heterocycles.